The Morgan fingerprint density at radius 2 is 1.82 bits per heavy atom. The molecule has 114 valence electrons. The number of aromatic amines is 1. The van der Waals surface area contributed by atoms with Crippen molar-refractivity contribution in [1.29, 1.82) is 0 Å². The Kier molecular flexibility index (Phi) is 3.48. The van der Waals surface area contributed by atoms with Gasteiger partial charge < -0.3 is 19.3 Å². The Labute approximate surface area is 124 Å². The molecule has 0 saturated heterocycles. The van der Waals surface area contributed by atoms with Gasteiger partial charge in [0.1, 0.15) is 0 Å². The topological polar surface area (TPSA) is 112 Å². The van der Waals surface area contributed by atoms with Gasteiger partial charge in [-0.1, -0.05) is 30.3 Å². The van der Waals surface area contributed by atoms with Crippen LogP contribution in [0.4, 0.5) is 0 Å². The van der Waals surface area contributed by atoms with Gasteiger partial charge in [0, 0.05) is 11.9 Å². The summed E-state index contributed by atoms with van der Waals surface area (Å²) in [7, 11) is -4.28. The van der Waals surface area contributed by atoms with E-state index in [1.54, 1.807) is 18.2 Å². The van der Waals surface area contributed by atoms with Crippen molar-refractivity contribution in [2.45, 2.75) is 6.54 Å². The molecule has 1 heterocycles. The maximum absolute atomic E-state index is 12.1. The summed E-state index contributed by atoms with van der Waals surface area (Å²) in [5.41, 5.74) is -0.712. The summed E-state index contributed by atoms with van der Waals surface area (Å²) in [5.74, 6) is 0. The number of hydrogen-bond donors (Lipinski definition) is 3. The summed E-state index contributed by atoms with van der Waals surface area (Å²) in [6, 6.07) is 10.8. The van der Waals surface area contributed by atoms with Gasteiger partial charge in [0.15, 0.2) is 0 Å². The van der Waals surface area contributed by atoms with Crippen LogP contribution in [0.2, 0.25) is 0 Å². The molecule has 3 N–H and O–H groups in total. The van der Waals surface area contributed by atoms with Gasteiger partial charge in [-0.05, 0) is 11.5 Å². The highest BCUT2D eigenvalue weighted by atomic mass is 31.2. The minimum Gasteiger partial charge on any atom is -0.324 e. The van der Waals surface area contributed by atoms with Crippen molar-refractivity contribution in [2.75, 3.05) is 6.16 Å². The van der Waals surface area contributed by atoms with E-state index >= 15 is 0 Å². The number of fused-ring (bicyclic) bond motifs is 3. The molecule has 7 nitrogen and oxygen atoms in total. The van der Waals surface area contributed by atoms with E-state index in [1.807, 2.05) is 18.2 Å². The van der Waals surface area contributed by atoms with Crippen LogP contribution in [-0.2, 0) is 11.1 Å². The van der Waals surface area contributed by atoms with Gasteiger partial charge in [0.05, 0.1) is 17.2 Å². The summed E-state index contributed by atoms with van der Waals surface area (Å²) in [6.45, 7) is -0.225. The Balaban J connectivity index is 2.38. The molecule has 3 rings (SSSR count). The van der Waals surface area contributed by atoms with E-state index in [2.05, 4.69) is 4.98 Å². The monoisotopic (exact) mass is 320 g/mol. The summed E-state index contributed by atoms with van der Waals surface area (Å²) in [4.78, 5) is 44.4. The number of hydrogen-bond acceptors (Lipinski definition) is 3. The van der Waals surface area contributed by atoms with Crippen LogP contribution in [0, 0.1) is 0 Å². The molecule has 0 aliphatic heterocycles. The molecule has 0 aliphatic rings. The van der Waals surface area contributed by atoms with E-state index in [-0.39, 0.29) is 6.54 Å². The number of benzene rings is 2. The highest BCUT2D eigenvalue weighted by Crippen LogP contribution is 2.34. The lowest BCUT2D eigenvalue weighted by molar-refractivity contribution is 0.370. The van der Waals surface area contributed by atoms with Crippen molar-refractivity contribution in [3.05, 3.63) is 57.1 Å². The van der Waals surface area contributed by atoms with Gasteiger partial charge in [-0.2, -0.15) is 0 Å². The van der Waals surface area contributed by atoms with Gasteiger partial charge in [-0.15, -0.1) is 0 Å². The molecule has 22 heavy (non-hydrogen) atoms. The first-order valence-electron chi connectivity index (χ1n) is 6.56. The second kappa shape index (κ2) is 5.21. The second-order valence-corrected chi connectivity index (χ2v) is 6.76. The highest BCUT2D eigenvalue weighted by molar-refractivity contribution is 7.51. The molecule has 2 aromatic carbocycles. The fourth-order valence-electron chi connectivity index (χ4n) is 2.49. The molecule has 1 aromatic heterocycles. The van der Waals surface area contributed by atoms with Crippen LogP contribution in [0.25, 0.3) is 21.8 Å². The first-order valence-corrected chi connectivity index (χ1v) is 8.36. The fraction of sp³-hybridized carbons (Fsp3) is 0.143. The smallest absolute Gasteiger partial charge is 0.324 e. The fourth-order valence-corrected chi connectivity index (χ4v) is 2.95. The first kappa shape index (κ1) is 14.7. The average molecular weight is 320 g/mol. The van der Waals surface area contributed by atoms with Gasteiger partial charge in [0.25, 0.3) is 0 Å². The highest BCUT2D eigenvalue weighted by Gasteiger charge is 2.16. The van der Waals surface area contributed by atoms with Crippen LogP contribution in [0.5, 0.6) is 0 Å². The third-order valence-corrected chi connectivity index (χ3v) is 4.26. The second-order valence-electron chi connectivity index (χ2n) is 4.98. The van der Waals surface area contributed by atoms with E-state index < -0.39 is 24.9 Å². The van der Waals surface area contributed by atoms with E-state index in [0.29, 0.717) is 11.0 Å². The van der Waals surface area contributed by atoms with E-state index in [1.165, 1.54) is 0 Å². The molecule has 0 amide bonds. The Morgan fingerprint density at radius 1 is 1.09 bits per heavy atom. The molecule has 3 aromatic rings. The minimum absolute atomic E-state index is 0.225. The number of rotatable bonds is 3. The van der Waals surface area contributed by atoms with Crippen molar-refractivity contribution >= 4 is 29.4 Å². The summed E-state index contributed by atoms with van der Waals surface area (Å²) < 4.78 is 12.2. The largest absolute Gasteiger partial charge is 0.327 e. The first-order chi connectivity index (χ1) is 10.4. The molecular formula is C14H13N2O5P. The van der Waals surface area contributed by atoms with Crippen LogP contribution in [0.15, 0.2) is 46.0 Å². The number of aromatic nitrogens is 2. The standard InChI is InChI=1S/C14H13N2O5P/c17-13-14(18)16(7-8-22(19,20)21)12-10-4-2-1-3-9(10)5-6-11(12)15-13/h1-6H,7-8H2,(H,15,17)(H2,19,20,21). The molecule has 0 aliphatic carbocycles. The van der Waals surface area contributed by atoms with Crippen LogP contribution in [0.1, 0.15) is 0 Å². The molecule has 0 atom stereocenters. The third kappa shape index (κ3) is 2.62. The number of H-pyrrole nitrogens is 1. The molecule has 8 heteroatoms. The zero-order chi connectivity index (χ0) is 15.9. The van der Waals surface area contributed by atoms with E-state index in [9.17, 15) is 14.2 Å². The van der Waals surface area contributed by atoms with Crippen molar-refractivity contribution in [3.63, 3.8) is 0 Å². The summed E-state index contributed by atoms with van der Waals surface area (Å²) in [6.07, 6.45) is -0.505. The van der Waals surface area contributed by atoms with E-state index in [0.717, 1.165) is 15.3 Å². The minimum atomic E-state index is -4.28. The van der Waals surface area contributed by atoms with Gasteiger partial charge >= 0.3 is 18.7 Å². The molecule has 0 bridgehead atoms. The average Bonchev–Trinajstić information content (AvgIpc) is 2.46. The molecule has 0 unspecified atom stereocenters. The normalized spacial score (nSPS) is 12.1. The predicted octanol–water partition coefficient (Wildman–Crippen LogP) is 1.02. The SMILES string of the molecule is O=c1[nH]c2ccc3ccccc3c2n(CCP(=O)(O)O)c1=O. The number of nitrogens with zero attached hydrogens (tertiary/aromatic N) is 1. The maximum atomic E-state index is 12.1. The van der Waals surface area contributed by atoms with Crippen LogP contribution in [0.3, 0.4) is 0 Å². The lowest BCUT2D eigenvalue weighted by Crippen LogP contribution is -2.37. The molecule has 0 saturated carbocycles. The quantitative estimate of drug-likeness (QED) is 0.379. The number of aryl methyl sites for hydroxylation is 1. The Hall–Kier alpha value is -2.21. The Morgan fingerprint density at radius 3 is 2.55 bits per heavy atom. The molecule has 0 radical (unpaired) electrons. The van der Waals surface area contributed by atoms with Gasteiger partial charge in [-0.3, -0.25) is 14.2 Å². The van der Waals surface area contributed by atoms with Crippen LogP contribution < -0.4 is 11.1 Å². The lowest BCUT2D eigenvalue weighted by Gasteiger charge is -2.12. The van der Waals surface area contributed by atoms with E-state index in [4.69, 9.17) is 9.79 Å². The van der Waals surface area contributed by atoms with Crippen LogP contribution in [-0.4, -0.2) is 25.5 Å². The van der Waals surface area contributed by atoms with Crippen molar-refractivity contribution in [3.8, 4) is 0 Å². The lowest BCUT2D eigenvalue weighted by atomic mass is 10.1. The zero-order valence-electron chi connectivity index (χ0n) is 11.4. The van der Waals surface area contributed by atoms with Crippen molar-refractivity contribution in [1.82, 2.24) is 9.55 Å². The molecular weight excluding hydrogens is 307 g/mol. The van der Waals surface area contributed by atoms with Crippen LogP contribution >= 0.6 is 7.60 Å². The van der Waals surface area contributed by atoms with Crippen molar-refractivity contribution < 1.29 is 14.4 Å². The molecule has 0 spiro atoms. The third-order valence-electron chi connectivity index (χ3n) is 3.47. The Bertz CT molecular complexity index is 1030. The van der Waals surface area contributed by atoms with Gasteiger partial charge in [0.2, 0.25) is 0 Å². The summed E-state index contributed by atoms with van der Waals surface area (Å²) in [5, 5.41) is 1.60. The summed E-state index contributed by atoms with van der Waals surface area (Å²) >= 11 is 0. The zero-order valence-corrected chi connectivity index (χ0v) is 12.3. The molecule has 0 fully saturated rings. The van der Waals surface area contributed by atoms with Crippen molar-refractivity contribution in [2.24, 2.45) is 0 Å². The van der Waals surface area contributed by atoms with Gasteiger partial charge in [-0.25, -0.2) is 0 Å². The maximum Gasteiger partial charge on any atom is 0.327 e. The predicted molar refractivity (Wildman–Crippen MR) is 83.2 cm³/mol. The number of nitrogens with one attached hydrogen (secondary N) is 1.